The number of likely N-dealkylation sites (N-methyl/N-ethyl adjacent to an activating group) is 1. The molecule has 1 aromatic carbocycles. The number of carbonyl (C=O) groups is 1. The summed E-state index contributed by atoms with van der Waals surface area (Å²) >= 11 is 3.49. The molecule has 0 unspecified atom stereocenters. The van der Waals surface area contributed by atoms with Crippen LogP contribution in [0.15, 0.2) is 34.8 Å². The maximum absolute atomic E-state index is 10.9. The zero-order valence-electron chi connectivity index (χ0n) is 11.6. The predicted molar refractivity (Wildman–Crippen MR) is 83.8 cm³/mol. The highest BCUT2D eigenvalue weighted by molar-refractivity contribution is 9.10. The van der Waals surface area contributed by atoms with Crippen molar-refractivity contribution in [2.45, 2.75) is 24.9 Å². The van der Waals surface area contributed by atoms with Crippen molar-refractivity contribution in [1.29, 1.82) is 0 Å². The lowest BCUT2D eigenvalue weighted by Crippen LogP contribution is -2.50. The number of halogens is 1. The first kappa shape index (κ1) is 15.1. The van der Waals surface area contributed by atoms with E-state index in [1.165, 1.54) is 11.1 Å². The van der Waals surface area contributed by atoms with E-state index in [1.54, 1.807) is 0 Å². The Labute approximate surface area is 127 Å². The maximum atomic E-state index is 10.9. The van der Waals surface area contributed by atoms with Gasteiger partial charge in [0.25, 0.3) is 0 Å². The molecule has 2 atom stereocenters. The lowest BCUT2D eigenvalue weighted by molar-refractivity contribution is 0.172. The van der Waals surface area contributed by atoms with E-state index >= 15 is 0 Å². The molecular formula is C15H19BrN2O2. The van der Waals surface area contributed by atoms with E-state index < -0.39 is 6.09 Å². The number of nitrogens with zero attached hydrogens (tertiary/aromatic N) is 1. The van der Waals surface area contributed by atoms with E-state index in [2.05, 4.69) is 44.4 Å². The second kappa shape index (κ2) is 6.41. The van der Waals surface area contributed by atoms with Gasteiger partial charge in [0.05, 0.1) is 6.04 Å². The van der Waals surface area contributed by atoms with Crippen LogP contribution < -0.4 is 5.32 Å². The SMILES string of the molecule is CN(C)[C@H]1CC(c2cccc(Br)c2)=CC[C@@H]1NC(=O)O. The van der Waals surface area contributed by atoms with Gasteiger partial charge < -0.3 is 15.3 Å². The van der Waals surface area contributed by atoms with Crippen molar-refractivity contribution >= 4 is 27.6 Å². The van der Waals surface area contributed by atoms with Crippen LogP contribution in [0.3, 0.4) is 0 Å². The van der Waals surface area contributed by atoms with Crippen molar-refractivity contribution in [3.63, 3.8) is 0 Å². The highest BCUT2D eigenvalue weighted by Gasteiger charge is 2.29. The van der Waals surface area contributed by atoms with Crippen LogP contribution in [0, 0.1) is 0 Å². The van der Waals surface area contributed by atoms with Crippen LogP contribution in [0.2, 0.25) is 0 Å². The van der Waals surface area contributed by atoms with Gasteiger partial charge in [-0.15, -0.1) is 0 Å². The van der Waals surface area contributed by atoms with Crippen molar-refractivity contribution in [3.8, 4) is 0 Å². The van der Waals surface area contributed by atoms with Gasteiger partial charge in [0.2, 0.25) is 0 Å². The average Bonchev–Trinajstić information content (AvgIpc) is 2.38. The Morgan fingerprint density at radius 1 is 1.45 bits per heavy atom. The first-order valence-corrected chi connectivity index (χ1v) is 7.37. The van der Waals surface area contributed by atoms with E-state index in [1.807, 2.05) is 26.2 Å². The third-order valence-electron chi connectivity index (χ3n) is 3.68. The van der Waals surface area contributed by atoms with E-state index in [0.717, 1.165) is 17.3 Å². The van der Waals surface area contributed by atoms with Gasteiger partial charge in [0.1, 0.15) is 0 Å². The van der Waals surface area contributed by atoms with Crippen LogP contribution in [0.25, 0.3) is 5.57 Å². The summed E-state index contributed by atoms with van der Waals surface area (Å²) in [5.74, 6) is 0. The Morgan fingerprint density at radius 3 is 2.80 bits per heavy atom. The van der Waals surface area contributed by atoms with Crippen LogP contribution in [0.1, 0.15) is 18.4 Å². The summed E-state index contributed by atoms with van der Waals surface area (Å²) in [6.45, 7) is 0. The fourth-order valence-electron chi connectivity index (χ4n) is 2.66. The van der Waals surface area contributed by atoms with E-state index in [0.29, 0.717) is 0 Å². The molecule has 1 amide bonds. The number of carboxylic acid groups (broad SMARTS) is 1. The van der Waals surface area contributed by atoms with Crippen molar-refractivity contribution in [2.75, 3.05) is 14.1 Å². The molecule has 1 aliphatic rings. The van der Waals surface area contributed by atoms with E-state index in [9.17, 15) is 4.79 Å². The molecule has 0 aromatic heterocycles. The molecule has 0 radical (unpaired) electrons. The molecule has 2 N–H and O–H groups in total. The first-order chi connectivity index (χ1) is 9.47. The van der Waals surface area contributed by atoms with Gasteiger partial charge in [-0.25, -0.2) is 4.79 Å². The largest absolute Gasteiger partial charge is 0.465 e. The van der Waals surface area contributed by atoms with Crippen molar-refractivity contribution in [3.05, 3.63) is 40.4 Å². The number of rotatable bonds is 3. The number of amides is 1. The molecule has 0 aliphatic heterocycles. The third kappa shape index (κ3) is 3.61. The summed E-state index contributed by atoms with van der Waals surface area (Å²) in [5.41, 5.74) is 2.47. The smallest absolute Gasteiger partial charge is 0.404 e. The highest BCUT2D eigenvalue weighted by Crippen LogP contribution is 2.30. The molecule has 0 bridgehead atoms. The molecule has 5 heteroatoms. The topological polar surface area (TPSA) is 52.6 Å². The molecule has 0 saturated carbocycles. The summed E-state index contributed by atoms with van der Waals surface area (Å²) in [6.07, 6.45) is 2.74. The molecular weight excluding hydrogens is 320 g/mol. The summed E-state index contributed by atoms with van der Waals surface area (Å²) in [6, 6.07) is 8.33. The standard InChI is InChI=1S/C15H19BrN2O2/c1-18(2)14-9-11(6-7-13(14)17-15(19)20)10-4-3-5-12(16)8-10/h3-6,8,13-14,17H,7,9H2,1-2H3,(H,19,20)/t13-,14-/m0/s1. The molecule has 20 heavy (non-hydrogen) atoms. The number of benzene rings is 1. The molecule has 4 nitrogen and oxygen atoms in total. The quantitative estimate of drug-likeness (QED) is 0.889. The molecule has 0 fully saturated rings. The molecule has 1 aromatic rings. The number of nitrogens with one attached hydrogen (secondary N) is 1. The van der Waals surface area contributed by atoms with E-state index in [-0.39, 0.29) is 12.1 Å². The second-order valence-corrected chi connectivity index (χ2v) is 6.18. The predicted octanol–water partition coefficient (Wildman–Crippen LogP) is 3.19. The Morgan fingerprint density at radius 2 is 2.20 bits per heavy atom. The first-order valence-electron chi connectivity index (χ1n) is 6.58. The van der Waals surface area contributed by atoms with Gasteiger partial charge in [-0.2, -0.15) is 0 Å². The summed E-state index contributed by atoms with van der Waals surface area (Å²) in [7, 11) is 3.98. The summed E-state index contributed by atoms with van der Waals surface area (Å²) in [4.78, 5) is 13.0. The van der Waals surface area contributed by atoms with E-state index in [4.69, 9.17) is 5.11 Å². The van der Waals surface area contributed by atoms with Crippen LogP contribution >= 0.6 is 15.9 Å². The zero-order chi connectivity index (χ0) is 14.7. The van der Waals surface area contributed by atoms with Gasteiger partial charge in [-0.05, 0) is 50.2 Å². The van der Waals surface area contributed by atoms with Crippen LogP contribution in [0.4, 0.5) is 4.79 Å². The minimum atomic E-state index is -0.957. The molecule has 0 saturated heterocycles. The molecule has 2 rings (SSSR count). The van der Waals surface area contributed by atoms with Gasteiger partial charge >= 0.3 is 6.09 Å². The minimum Gasteiger partial charge on any atom is -0.465 e. The Kier molecular flexibility index (Phi) is 4.83. The third-order valence-corrected chi connectivity index (χ3v) is 4.17. The Hall–Kier alpha value is -1.33. The highest BCUT2D eigenvalue weighted by atomic mass is 79.9. The number of hydrogen-bond donors (Lipinski definition) is 2. The lowest BCUT2D eigenvalue weighted by Gasteiger charge is -2.35. The fraction of sp³-hybridized carbons (Fsp3) is 0.400. The van der Waals surface area contributed by atoms with Crippen LogP contribution in [0.5, 0.6) is 0 Å². The van der Waals surface area contributed by atoms with Gasteiger partial charge in [-0.1, -0.05) is 34.1 Å². The minimum absolute atomic E-state index is 0.0570. The second-order valence-electron chi connectivity index (χ2n) is 5.27. The van der Waals surface area contributed by atoms with Gasteiger partial charge in [0, 0.05) is 10.5 Å². The van der Waals surface area contributed by atoms with Gasteiger partial charge in [0.15, 0.2) is 0 Å². The summed E-state index contributed by atoms with van der Waals surface area (Å²) < 4.78 is 1.06. The van der Waals surface area contributed by atoms with Crippen LogP contribution in [-0.4, -0.2) is 42.3 Å². The van der Waals surface area contributed by atoms with Crippen LogP contribution in [-0.2, 0) is 0 Å². The van der Waals surface area contributed by atoms with Crippen molar-refractivity contribution in [2.24, 2.45) is 0 Å². The molecule has 0 heterocycles. The average molecular weight is 339 g/mol. The number of hydrogen-bond acceptors (Lipinski definition) is 2. The normalized spacial score (nSPS) is 22.5. The van der Waals surface area contributed by atoms with Crippen molar-refractivity contribution < 1.29 is 9.90 Å². The monoisotopic (exact) mass is 338 g/mol. The van der Waals surface area contributed by atoms with Crippen molar-refractivity contribution in [1.82, 2.24) is 10.2 Å². The lowest BCUT2D eigenvalue weighted by atomic mass is 9.86. The molecule has 1 aliphatic carbocycles. The Bertz CT molecular complexity index is 528. The fourth-order valence-corrected chi connectivity index (χ4v) is 3.06. The van der Waals surface area contributed by atoms with Gasteiger partial charge in [-0.3, -0.25) is 0 Å². The maximum Gasteiger partial charge on any atom is 0.404 e. The summed E-state index contributed by atoms with van der Waals surface area (Å²) in [5, 5.41) is 11.5. The Balaban J connectivity index is 2.22. The molecule has 0 spiro atoms. The molecule has 108 valence electrons. The zero-order valence-corrected chi connectivity index (χ0v) is 13.2.